The smallest absolute Gasteiger partial charge is 0.137 e. The minimum atomic E-state index is -0.496. The van der Waals surface area contributed by atoms with Crippen LogP contribution in [0.3, 0.4) is 0 Å². The summed E-state index contributed by atoms with van der Waals surface area (Å²) in [5.41, 5.74) is 5.49. The third-order valence-corrected chi connectivity index (χ3v) is 3.50. The van der Waals surface area contributed by atoms with Gasteiger partial charge in [-0.3, -0.25) is 5.41 Å². The highest BCUT2D eigenvalue weighted by Crippen LogP contribution is 2.29. The summed E-state index contributed by atoms with van der Waals surface area (Å²) < 4.78 is 19.4. The van der Waals surface area contributed by atoms with Crippen LogP contribution in [0, 0.1) is 17.1 Å². The molecule has 2 rings (SSSR count). The molecular weight excluding hydrogens is 231 g/mol. The topological polar surface area (TPSA) is 59.1 Å². The zero-order valence-corrected chi connectivity index (χ0v) is 10.6. The quantitative estimate of drug-likeness (QED) is 0.639. The first-order chi connectivity index (χ1) is 8.58. The van der Waals surface area contributed by atoms with Gasteiger partial charge in [-0.1, -0.05) is 13.0 Å². The third-order valence-electron chi connectivity index (χ3n) is 3.50. The summed E-state index contributed by atoms with van der Waals surface area (Å²) in [6.07, 6.45) is 4.34. The second-order valence-corrected chi connectivity index (χ2v) is 5.03. The summed E-state index contributed by atoms with van der Waals surface area (Å²) in [6, 6.07) is 4.56. The van der Waals surface area contributed by atoms with Gasteiger partial charge >= 0.3 is 0 Å². The first kappa shape index (κ1) is 12.9. The molecule has 4 heteroatoms. The molecule has 1 aromatic rings. The van der Waals surface area contributed by atoms with Gasteiger partial charge in [0.05, 0.1) is 11.7 Å². The number of nitrogen functional groups attached to an aromatic ring is 1. The monoisotopic (exact) mass is 250 g/mol. The fraction of sp³-hybridized carbons (Fsp3) is 0.500. The predicted octanol–water partition coefficient (Wildman–Crippen LogP) is 3.07. The van der Waals surface area contributed by atoms with E-state index in [0.717, 1.165) is 31.6 Å². The van der Waals surface area contributed by atoms with Gasteiger partial charge in [0, 0.05) is 0 Å². The lowest BCUT2D eigenvalue weighted by molar-refractivity contribution is 0.135. The highest BCUT2D eigenvalue weighted by atomic mass is 19.1. The summed E-state index contributed by atoms with van der Waals surface area (Å²) in [5, 5.41) is 7.42. The van der Waals surface area contributed by atoms with E-state index in [1.807, 2.05) is 0 Å². The maximum atomic E-state index is 13.6. The molecule has 1 aliphatic carbocycles. The molecule has 98 valence electrons. The standard InChI is InChI=1S/C14H19FN2O/c1-9-5-7-10(8-6-9)18-12-4-2-3-11(15)13(12)14(16)17/h2-4,9-10H,5-8H2,1H3,(H3,16,17). The van der Waals surface area contributed by atoms with Crippen LogP contribution in [0.5, 0.6) is 5.75 Å². The molecule has 3 nitrogen and oxygen atoms in total. The number of rotatable bonds is 3. The van der Waals surface area contributed by atoms with Crippen molar-refractivity contribution in [1.82, 2.24) is 0 Å². The van der Waals surface area contributed by atoms with Crippen LogP contribution in [0.25, 0.3) is 0 Å². The molecule has 0 atom stereocenters. The van der Waals surface area contributed by atoms with Gasteiger partial charge in [-0.25, -0.2) is 4.39 Å². The van der Waals surface area contributed by atoms with Crippen LogP contribution in [0.4, 0.5) is 4.39 Å². The zero-order valence-electron chi connectivity index (χ0n) is 10.6. The number of amidine groups is 1. The van der Waals surface area contributed by atoms with Crippen molar-refractivity contribution in [2.45, 2.75) is 38.7 Å². The van der Waals surface area contributed by atoms with E-state index in [-0.39, 0.29) is 17.5 Å². The number of halogens is 1. The molecular formula is C14H19FN2O. The SMILES string of the molecule is CC1CCC(Oc2cccc(F)c2C(=N)N)CC1. The molecule has 1 aromatic carbocycles. The van der Waals surface area contributed by atoms with Crippen LogP contribution in [-0.4, -0.2) is 11.9 Å². The van der Waals surface area contributed by atoms with Crippen LogP contribution >= 0.6 is 0 Å². The van der Waals surface area contributed by atoms with Gasteiger partial charge in [0.25, 0.3) is 0 Å². The van der Waals surface area contributed by atoms with Crippen molar-refractivity contribution in [3.05, 3.63) is 29.6 Å². The number of nitrogens with one attached hydrogen (secondary N) is 1. The van der Waals surface area contributed by atoms with Crippen molar-refractivity contribution in [3.63, 3.8) is 0 Å². The minimum absolute atomic E-state index is 0.0797. The molecule has 0 radical (unpaired) electrons. The van der Waals surface area contributed by atoms with E-state index < -0.39 is 5.82 Å². The van der Waals surface area contributed by atoms with Crippen LogP contribution < -0.4 is 10.5 Å². The molecule has 0 bridgehead atoms. The Kier molecular flexibility index (Phi) is 3.84. The molecule has 1 aliphatic rings. The molecule has 3 N–H and O–H groups in total. The van der Waals surface area contributed by atoms with Gasteiger partial charge in [-0.05, 0) is 43.7 Å². The Morgan fingerprint density at radius 3 is 2.61 bits per heavy atom. The second-order valence-electron chi connectivity index (χ2n) is 5.03. The molecule has 0 aromatic heterocycles. The molecule has 1 fully saturated rings. The predicted molar refractivity (Wildman–Crippen MR) is 69.5 cm³/mol. The van der Waals surface area contributed by atoms with E-state index in [1.54, 1.807) is 12.1 Å². The summed E-state index contributed by atoms with van der Waals surface area (Å²) in [6.45, 7) is 2.24. The molecule has 0 saturated heterocycles. The van der Waals surface area contributed by atoms with E-state index in [9.17, 15) is 4.39 Å². The van der Waals surface area contributed by atoms with Crippen molar-refractivity contribution in [1.29, 1.82) is 5.41 Å². The average molecular weight is 250 g/mol. The summed E-state index contributed by atoms with van der Waals surface area (Å²) in [5.74, 6) is 0.350. The van der Waals surface area contributed by atoms with Gasteiger partial charge in [0.1, 0.15) is 17.4 Å². The molecule has 1 saturated carbocycles. The van der Waals surface area contributed by atoms with Crippen LogP contribution in [0.1, 0.15) is 38.2 Å². The lowest BCUT2D eigenvalue weighted by Crippen LogP contribution is -2.25. The maximum absolute atomic E-state index is 13.6. The summed E-state index contributed by atoms with van der Waals surface area (Å²) >= 11 is 0. The van der Waals surface area contributed by atoms with E-state index in [0.29, 0.717) is 5.75 Å². The largest absolute Gasteiger partial charge is 0.490 e. The molecule has 18 heavy (non-hydrogen) atoms. The van der Waals surface area contributed by atoms with Crippen molar-refractivity contribution in [3.8, 4) is 5.75 Å². The van der Waals surface area contributed by atoms with Crippen molar-refractivity contribution >= 4 is 5.84 Å². The van der Waals surface area contributed by atoms with Gasteiger partial charge in [-0.15, -0.1) is 0 Å². The fourth-order valence-corrected chi connectivity index (χ4v) is 2.39. The number of hydrogen-bond acceptors (Lipinski definition) is 2. The minimum Gasteiger partial charge on any atom is -0.490 e. The first-order valence-electron chi connectivity index (χ1n) is 6.37. The van der Waals surface area contributed by atoms with Crippen molar-refractivity contribution in [2.75, 3.05) is 0 Å². The lowest BCUT2D eigenvalue weighted by atomic mass is 9.89. The Labute approximate surface area is 107 Å². The number of nitrogens with two attached hydrogens (primary N) is 1. The van der Waals surface area contributed by atoms with Gasteiger partial charge in [0.15, 0.2) is 0 Å². The van der Waals surface area contributed by atoms with Crippen LogP contribution in [0.15, 0.2) is 18.2 Å². The Morgan fingerprint density at radius 1 is 1.33 bits per heavy atom. The Morgan fingerprint density at radius 2 is 2.00 bits per heavy atom. The van der Waals surface area contributed by atoms with E-state index in [2.05, 4.69) is 6.92 Å². The normalized spacial score (nSPS) is 23.7. The Bertz CT molecular complexity index is 439. The van der Waals surface area contributed by atoms with Gasteiger partial charge < -0.3 is 10.5 Å². The van der Waals surface area contributed by atoms with E-state index in [1.165, 1.54) is 6.07 Å². The lowest BCUT2D eigenvalue weighted by Gasteiger charge is -2.27. The highest BCUT2D eigenvalue weighted by molar-refractivity contribution is 5.97. The average Bonchev–Trinajstić information content (AvgIpc) is 2.32. The zero-order chi connectivity index (χ0) is 13.1. The summed E-state index contributed by atoms with van der Waals surface area (Å²) in [4.78, 5) is 0. The fourth-order valence-electron chi connectivity index (χ4n) is 2.39. The second kappa shape index (κ2) is 5.38. The third kappa shape index (κ3) is 2.81. The molecule has 0 heterocycles. The van der Waals surface area contributed by atoms with Crippen LogP contribution in [0.2, 0.25) is 0 Å². The Balaban J connectivity index is 2.14. The van der Waals surface area contributed by atoms with E-state index in [4.69, 9.17) is 15.9 Å². The van der Waals surface area contributed by atoms with Crippen molar-refractivity contribution in [2.24, 2.45) is 11.7 Å². The molecule has 0 aliphatic heterocycles. The number of benzene rings is 1. The van der Waals surface area contributed by atoms with E-state index >= 15 is 0 Å². The molecule has 0 spiro atoms. The highest BCUT2D eigenvalue weighted by Gasteiger charge is 2.21. The Hall–Kier alpha value is -1.58. The maximum Gasteiger partial charge on any atom is 0.137 e. The van der Waals surface area contributed by atoms with Gasteiger partial charge in [-0.2, -0.15) is 0 Å². The van der Waals surface area contributed by atoms with Gasteiger partial charge in [0.2, 0.25) is 0 Å². The first-order valence-corrected chi connectivity index (χ1v) is 6.37. The van der Waals surface area contributed by atoms with Crippen molar-refractivity contribution < 1.29 is 9.13 Å². The number of ether oxygens (including phenoxy) is 1. The molecule has 0 amide bonds. The molecule has 0 unspecified atom stereocenters. The number of hydrogen-bond donors (Lipinski definition) is 2. The van der Waals surface area contributed by atoms with Crippen LogP contribution in [-0.2, 0) is 0 Å². The summed E-state index contributed by atoms with van der Waals surface area (Å²) in [7, 11) is 0.